The maximum absolute atomic E-state index is 7.32. The number of nitrogens with one attached hydrogen (secondary N) is 1. The highest BCUT2D eigenvalue weighted by molar-refractivity contribution is 9.10. The average Bonchev–Trinajstić information content (AvgIpc) is 2.33. The van der Waals surface area contributed by atoms with Crippen molar-refractivity contribution < 1.29 is 4.74 Å². The number of halogens is 2. The van der Waals surface area contributed by atoms with Crippen molar-refractivity contribution in [2.45, 2.75) is 0 Å². The summed E-state index contributed by atoms with van der Waals surface area (Å²) in [5.74, 6) is 1.08. The standard InChI is InChI=1S/C12H9BrClN3O/c13-9-5-7(14)1-2-11(9)18-8-3-4-17-10(6-8)12(15)16/h1-6H,(H3,15,16). The molecule has 0 atom stereocenters. The summed E-state index contributed by atoms with van der Waals surface area (Å²) >= 11 is 9.21. The number of ether oxygens (including phenoxy) is 1. The van der Waals surface area contributed by atoms with E-state index in [1.807, 2.05) is 0 Å². The zero-order valence-corrected chi connectivity index (χ0v) is 11.5. The molecule has 0 spiro atoms. The first kappa shape index (κ1) is 12.9. The third-order valence-electron chi connectivity index (χ3n) is 2.13. The quantitative estimate of drug-likeness (QED) is 0.669. The van der Waals surface area contributed by atoms with E-state index in [0.717, 1.165) is 4.47 Å². The minimum absolute atomic E-state index is 0.101. The Morgan fingerprint density at radius 1 is 1.33 bits per heavy atom. The lowest BCUT2D eigenvalue weighted by molar-refractivity contribution is 0.479. The van der Waals surface area contributed by atoms with Crippen LogP contribution >= 0.6 is 27.5 Å². The summed E-state index contributed by atoms with van der Waals surface area (Å²) in [6, 6.07) is 8.51. The van der Waals surface area contributed by atoms with Crippen molar-refractivity contribution in [3.05, 3.63) is 51.7 Å². The molecule has 18 heavy (non-hydrogen) atoms. The first-order chi connectivity index (χ1) is 8.56. The zero-order valence-electron chi connectivity index (χ0n) is 9.15. The number of hydrogen-bond acceptors (Lipinski definition) is 3. The van der Waals surface area contributed by atoms with E-state index in [4.69, 9.17) is 27.5 Å². The zero-order chi connectivity index (χ0) is 13.1. The molecule has 0 saturated heterocycles. The summed E-state index contributed by atoms with van der Waals surface area (Å²) in [5, 5.41) is 7.93. The van der Waals surface area contributed by atoms with Crippen LogP contribution in [0.2, 0.25) is 5.02 Å². The van der Waals surface area contributed by atoms with Gasteiger partial charge in [0.15, 0.2) is 0 Å². The number of pyridine rings is 1. The maximum Gasteiger partial charge on any atom is 0.141 e. The molecule has 4 nitrogen and oxygen atoms in total. The molecule has 3 N–H and O–H groups in total. The molecular formula is C12H9BrClN3O. The maximum atomic E-state index is 7.32. The Morgan fingerprint density at radius 3 is 2.78 bits per heavy atom. The van der Waals surface area contributed by atoms with Gasteiger partial charge in [-0.2, -0.15) is 0 Å². The van der Waals surface area contributed by atoms with Crippen LogP contribution in [0.5, 0.6) is 11.5 Å². The van der Waals surface area contributed by atoms with Crippen LogP contribution in [-0.4, -0.2) is 10.8 Å². The summed E-state index contributed by atoms with van der Waals surface area (Å²) in [5.41, 5.74) is 5.74. The molecule has 0 radical (unpaired) electrons. The molecule has 0 bridgehead atoms. The monoisotopic (exact) mass is 325 g/mol. The van der Waals surface area contributed by atoms with Gasteiger partial charge >= 0.3 is 0 Å². The number of aromatic nitrogens is 1. The Bertz CT molecular complexity index is 604. The van der Waals surface area contributed by atoms with Crippen molar-refractivity contribution >= 4 is 33.4 Å². The molecule has 0 aliphatic carbocycles. The predicted octanol–water partition coefficient (Wildman–Crippen LogP) is 3.57. The lowest BCUT2D eigenvalue weighted by atomic mass is 10.3. The normalized spacial score (nSPS) is 10.1. The molecule has 1 heterocycles. The fraction of sp³-hybridized carbons (Fsp3) is 0. The van der Waals surface area contributed by atoms with Gasteiger partial charge in [0.1, 0.15) is 23.0 Å². The van der Waals surface area contributed by atoms with E-state index in [-0.39, 0.29) is 5.84 Å². The molecule has 0 aliphatic rings. The second-order valence-electron chi connectivity index (χ2n) is 3.47. The van der Waals surface area contributed by atoms with Gasteiger partial charge in [0.05, 0.1) is 4.47 Å². The molecule has 0 aliphatic heterocycles. The van der Waals surface area contributed by atoms with Gasteiger partial charge in [-0.3, -0.25) is 10.4 Å². The number of amidine groups is 1. The van der Waals surface area contributed by atoms with E-state index in [2.05, 4.69) is 20.9 Å². The summed E-state index contributed by atoms with van der Waals surface area (Å²) in [6.45, 7) is 0. The predicted molar refractivity (Wildman–Crippen MR) is 74.5 cm³/mol. The minimum atomic E-state index is -0.101. The van der Waals surface area contributed by atoms with E-state index < -0.39 is 0 Å². The van der Waals surface area contributed by atoms with E-state index >= 15 is 0 Å². The molecular weight excluding hydrogens is 318 g/mol. The number of rotatable bonds is 3. The molecule has 1 aromatic carbocycles. The van der Waals surface area contributed by atoms with Gasteiger partial charge < -0.3 is 10.5 Å². The Morgan fingerprint density at radius 2 is 2.11 bits per heavy atom. The topological polar surface area (TPSA) is 72.0 Å². The molecule has 92 valence electrons. The highest BCUT2D eigenvalue weighted by Gasteiger charge is 2.05. The Balaban J connectivity index is 2.28. The lowest BCUT2D eigenvalue weighted by Crippen LogP contribution is -2.12. The summed E-state index contributed by atoms with van der Waals surface area (Å²) in [6.07, 6.45) is 1.54. The Hall–Kier alpha value is -1.59. The smallest absolute Gasteiger partial charge is 0.141 e. The van der Waals surface area contributed by atoms with Crippen molar-refractivity contribution in [1.82, 2.24) is 4.98 Å². The van der Waals surface area contributed by atoms with Gasteiger partial charge in [-0.05, 0) is 40.2 Å². The van der Waals surface area contributed by atoms with Crippen molar-refractivity contribution in [3.8, 4) is 11.5 Å². The first-order valence-electron chi connectivity index (χ1n) is 4.99. The number of nitrogen functional groups attached to an aromatic ring is 1. The largest absolute Gasteiger partial charge is 0.456 e. The third kappa shape index (κ3) is 3.00. The number of nitrogens with zero attached hydrogens (tertiary/aromatic N) is 1. The Kier molecular flexibility index (Phi) is 3.84. The van der Waals surface area contributed by atoms with Crippen LogP contribution in [0.15, 0.2) is 41.0 Å². The van der Waals surface area contributed by atoms with Crippen LogP contribution in [0.3, 0.4) is 0 Å². The second-order valence-corrected chi connectivity index (χ2v) is 4.76. The summed E-state index contributed by atoms with van der Waals surface area (Å²) < 4.78 is 6.40. The van der Waals surface area contributed by atoms with Gasteiger partial charge in [-0.25, -0.2) is 0 Å². The third-order valence-corrected chi connectivity index (χ3v) is 2.98. The molecule has 0 saturated carbocycles. The van der Waals surface area contributed by atoms with Crippen molar-refractivity contribution in [1.29, 1.82) is 5.41 Å². The molecule has 0 amide bonds. The van der Waals surface area contributed by atoms with E-state index in [0.29, 0.717) is 22.2 Å². The fourth-order valence-corrected chi connectivity index (χ4v) is 2.07. The van der Waals surface area contributed by atoms with E-state index in [1.54, 1.807) is 30.3 Å². The highest BCUT2D eigenvalue weighted by atomic mass is 79.9. The molecule has 2 rings (SSSR count). The van der Waals surface area contributed by atoms with Gasteiger partial charge in [-0.15, -0.1) is 0 Å². The lowest BCUT2D eigenvalue weighted by Gasteiger charge is -2.08. The van der Waals surface area contributed by atoms with Crippen molar-refractivity contribution in [3.63, 3.8) is 0 Å². The van der Waals surface area contributed by atoms with Crippen LogP contribution in [-0.2, 0) is 0 Å². The average molecular weight is 327 g/mol. The Labute approximate surface area is 117 Å². The molecule has 0 fully saturated rings. The van der Waals surface area contributed by atoms with Crippen LogP contribution < -0.4 is 10.5 Å². The highest BCUT2D eigenvalue weighted by Crippen LogP contribution is 2.31. The second kappa shape index (κ2) is 5.37. The van der Waals surface area contributed by atoms with E-state index in [1.165, 1.54) is 6.20 Å². The molecule has 6 heteroatoms. The summed E-state index contributed by atoms with van der Waals surface area (Å²) in [7, 11) is 0. The summed E-state index contributed by atoms with van der Waals surface area (Å²) in [4.78, 5) is 3.95. The van der Waals surface area contributed by atoms with Crippen molar-refractivity contribution in [2.75, 3.05) is 0 Å². The van der Waals surface area contributed by atoms with Gasteiger partial charge in [0, 0.05) is 17.3 Å². The van der Waals surface area contributed by atoms with Crippen LogP contribution in [0.4, 0.5) is 0 Å². The van der Waals surface area contributed by atoms with E-state index in [9.17, 15) is 0 Å². The van der Waals surface area contributed by atoms with Gasteiger partial charge in [0.25, 0.3) is 0 Å². The molecule has 0 unspecified atom stereocenters. The van der Waals surface area contributed by atoms with Crippen LogP contribution in [0.25, 0.3) is 0 Å². The molecule has 2 aromatic rings. The minimum Gasteiger partial charge on any atom is -0.456 e. The fourth-order valence-electron chi connectivity index (χ4n) is 1.31. The molecule has 1 aromatic heterocycles. The first-order valence-corrected chi connectivity index (χ1v) is 6.17. The van der Waals surface area contributed by atoms with Crippen LogP contribution in [0, 0.1) is 5.41 Å². The number of nitrogens with two attached hydrogens (primary N) is 1. The van der Waals surface area contributed by atoms with Crippen molar-refractivity contribution in [2.24, 2.45) is 5.73 Å². The van der Waals surface area contributed by atoms with Crippen LogP contribution in [0.1, 0.15) is 5.69 Å². The van der Waals surface area contributed by atoms with Gasteiger partial charge in [-0.1, -0.05) is 11.6 Å². The SMILES string of the molecule is N=C(N)c1cc(Oc2ccc(Cl)cc2Br)ccn1. The number of benzene rings is 1. The van der Waals surface area contributed by atoms with Gasteiger partial charge in [0.2, 0.25) is 0 Å². The number of hydrogen-bond donors (Lipinski definition) is 2.